The van der Waals surface area contributed by atoms with Gasteiger partial charge in [0, 0.05) is 23.4 Å². The Labute approximate surface area is 164 Å². The van der Waals surface area contributed by atoms with Crippen LogP contribution in [-0.2, 0) is 6.54 Å². The van der Waals surface area contributed by atoms with Crippen molar-refractivity contribution in [2.24, 2.45) is 0 Å². The molecule has 1 aromatic carbocycles. The van der Waals surface area contributed by atoms with E-state index in [1.54, 1.807) is 25.3 Å². The summed E-state index contributed by atoms with van der Waals surface area (Å²) < 4.78 is 30.8. The minimum atomic E-state index is -0.524. The molecule has 148 valence electrons. The molecule has 0 saturated heterocycles. The molecule has 0 aliphatic rings. The van der Waals surface area contributed by atoms with E-state index in [1.807, 2.05) is 6.92 Å². The van der Waals surface area contributed by atoms with Crippen LogP contribution in [0.3, 0.4) is 0 Å². The summed E-state index contributed by atoms with van der Waals surface area (Å²) in [7, 11) is 1.39. The molecule has 0 aliphatic heterocycles. The molecule has 0 atom stereocenters. The van der Waals surface area contributed by atoms with Crippen LogP contribution in [0.2, 0.25) is 0 Å². The van der Waals surface area contributed by atoms with E-state index in [-0.39, 0.29) is 23.0 Å². The van der Waals surface area contributed by atoms with Gasteiger partial charge in [-0.2, -0.15) is 4.98 Å². The van der Waals surface area contributed by atoms with Gasteiger partial charge in [-0.15, -0.1) is 0 Å². The molecule has 0 saturated carbocycles. The monoisotopic (exact) mass is 396 g/mol. The predicted octanol–water partition coefficient (Wildman–Crippen LogP) is 3.37. The zero-order chi connectivity index (χ0) is 20.5. The summed E-state index contributed by atoms with van der Waals surface area (Å²) in [4.78, 5) is 16.6. The Morgan fingerprint density at radius 2 is 1.90 bits per heavy atom. The average Bonchev–Trinajstić information content (AvgIpc) is 3.32. The first-order valence-corrected chi connectivity index (χ1v) is 8.76. The van der Waals surface area contributed by atoms with E-state index in [0.717, 1.165) is 11.3 Å². The summed E-state index contributed by atoms with van der Waals surface area (Å²) in [5.41, 5.74) is 2.38. The summed E-state index contributed by atoms with van der Waals surface area (Å²) in [6, 6.07) is 7.41. The van der Waals surface area contributed by atoms with Crippen molar-refractivity contribution in [3.63, 3.8) is 0 Å². The van der Waals surface area contributed by atoms with E-state index < -0.39 is 5.82 Å². The van der Waals surface area contributed by atoms with Crippen molar-refractivity contribution in [2.45, 2.75) is 20.4 Å². The fourth-order valence-electron chi connectivity index (χ4n) is 2.94. The summed E-state index contributed by atoms with van der Waals surface area (Å²) in [6.45, 7) is 3.92. The lowest BCUT2D eigenvalue weighted by molar-refractivity contribution is 0.386. The van der Waals surface area contributed by atoms with Crippen molar-refractivity contribution in [1.29, 1.82) is 0 Å². The topological polar surface area (TPSA) is 96.2 Å². The Morgan fingerprint density at radius 1 is 1.10 bits per heavy atom. The molecule has 0 bridgehead atoms. The first-order valence-electron chi connectivity index (χ1n) is 8.76. The number of ether oxygens (including phenoxy) is 1. The number of nitrogens with zero attached hydrogens (tertiary/aromatic N) is 4. The molecule has 29 heavy (non-hydrogen) atoms. The number of rotatable bonds is 5. The van der Waals surface area contributed by atoms with Crippen LogP contribution in [0.25, 0.3) is 22.8 Å². The van der Waals surface area contributed by atoms with Crippen LogP contribution in [0.1, 0.15) is 17.0 Å². The molecule has 4 aromatic rings. The highest BCUT2D eigenvalue weighted by atomic mass is 19.1. The minimum absolute atomic E-state index is 0.129. The van der Waals surface area contributed by atoms with Gasteiger partial charge in [-0.1, -0.05) is 10.3 Å². The van der Waals surface area contributed by atoms with Crippen molar-refractivity contribution >= 4 is 0 Å². The van der Waals surface area contributed by atoms with E-state index in [4.69, 9.17) is 13.8 Å². The van der Waals surface area contributed by atoms with Crippen molar-refractivity contribution < 1.29 is 18.2 Å². The normalized spacial score (nSPS) is 11.0. The third kappa shape index (κ3) is 3.54. The van der Waals surface area contributed by atoms with E-state index in [2.05, 4.69) is 15.3 Å². The molecule has 0 spiro atoms. The molecule has 4 rings (SSSR count). The van der Waals surface area contributed by atoms with Crippen LogP contribution in [-0.4, -0.2) is 27.0 Å². The Bertz CT molecular complexity index is 1220. The number of aryl methyl sites for hydroxylation is 2. The minimum Gasteiger partial charge on any atom is -0.494 e. The summed E-state index contributed by atoms with van der Waals surface area (Å²) in [5, 5.41) is 7.82. The van der Waals surface area contributed by atoms with Crippen LogP contribution < -0.4 is 10.3 Å². The molecule has 8 nitrogen and oxygen atoms in total. The number of hydrogen-bond donors (Lipinski definition) is 0. The van der Waals surface area contributed by atoms with Gasteiger partial charge in [0.1, 0.15) is 5.76 Å². The lowest BCUT2D eigenvalue weighted by atomic mass is 10.2. The third-order valence-corrected chi connectivity index (χ3v) is 4.58. The number of halogens is 1. The highest BCUT2D eigenvalue weighted by Gasteiger charge is 2.15. The van der Waals surface area contributed by atoms with E-state index in [0.29, 0.717) is 23.4 Å². The second-order valence-corrected chi connectivity index (χ2v) is 6.46. The first kappa shape index (κ1) is 18.6. The quantitative estimate of drug-likeness (QED) is 0.510. The first-order chi connectivity index (χ1) is 14.0. The maximum atomic E-state index is 13.9. The predicted molar refractivity (Wildman–Crippen MR) is 101 cm³/mol. The lowest BCUT2D eigenvalue weighted by Gasteiger charge is -2.06. The average molecular weight is 396 g/mol. The third-order valence-electron chi connectivity index (χ3n) is 4.58. The van der Waals surface area contributed by atoms with Crippen LogP contribution >= 0.6 is 0 Å². The Balaban J connectivity index is 1.66. The van der Waals surface area contributed by atoms with Gasteiger partial charge in [0.15, 0.2) is 11.6 Å². The SMILES string of the molecule is COc1ccc(-c2noc(-c3ccc(=O)n(Cc4c(C)noc4C)c3)n2)cc1F. The molecular formula is C20H17FN4O4. The second-order valence-electron chi connectivity index (χ2n) is 6.46. The molecule has 0 radical (unpaired) electrons. The lowest BCUT2D eigenvalue weighted by Crippen LogP contribution is -2.19. The maximum absolute atomic E-state index is 13.9. The number of benzene rings is 1. The standard InChI is InChI=1S/C20H17FN4O4/c1-11-15(12(2)28-23-11)10-25-9-14(5-7-18(25)26)20-22-19(24-29-20)13-4-6-17(27-3)16(21)8-13/h4-9H,10H2,1-3H3. The Morgan fingerprint density at radius 3 is 2.59 bits per heavy atom. The number of hydrogen-bond acceptors (Lipinski definition) is 7. The van der Waals surface area contributed by atoms with E-state index in [1.165, 1.54) is 29.9 Å². The van der Waals surface area contributed by atoms with Gasteiger partial charge < -0.3 is 18.4 Å². The van der Waals surface area contributed by atoms with Gasteiger partial charge in [0.05, 0.1) is 24.9 Å². The number of pyridine rings is 1. The van der Waals surface area contributed by atoms with Crippen molar-refractivity contribution in [3.05, 3.63) is 69.7 Å². The van der Waals surface area contributed by atoms with Gasteiger partial charge in [-0.05, 0) is 38.1 Å². The fourth-order valence-corrected chi connectivity index (χ4v) is 2.94. The van der Waals surface area contributed by atoms with Gasteiger partial charge in [0.2, 0.25) is 5.82 Å². The molecule has 0 unspecified atom stereocenters. The second kappa shape index (κ2) is 7.34. The van der Waals surface area contributed by atoms with E-state index in [9.17, 15) is 9.18 Å². The van der Waals surface area contributed by atoms with Crippen LogP contribution in [0.5, 0.6) is 5.75 Å². The summed E-state index contributed by atoms with van der Waals surface area (Å²) in [5.74, 6) is 0.698. The van der Waals surface area contributed by atoms with Gasteiger partial charge in [0.25, 0.3) is 11.4 Å². The summed E-state index contributed by atoms with van der Waals surface area (Å²) >= 11 is 0. The summed E-state index contributed by atoms with van der Waals surface area (Å²) in [6.07, 6.45) is 1.63. The smallest absolute Gasteiger partial charge is 0.259 e. The highest BCUT2D eigenvalue weighted by Crippen LogP contribution is 2.26. The Kier molecular flexibility index (Phi) is 4.71. The van der Waals surface area contributed by atoms with Crippen molar-refractivity contribution in [2.75, 3.05) is 7.11 Å². The molecule has 0 aliphatic carbocycles. The largest absolute Gasteiger partial charge is 0.494 e. The molecule has 9 heteroatoms. The van der Waals surface area contributed by atoms with E-state index >= 15 is 0 Å². The maximum Gasteiger partial charge on any atom is 0.259 e. The van der Waals surface area contributed by atoms with Crippen LogP contribution in [0.15, 0.2) is 50.4 Å². The molecule has 0 fully saturated rings. The number of aromatic nitrogens is 4. The van der Waals surface area contributed by atoms with Gasteiger partial charge in [-0.3, -0.25) is 4.79 Å². The van der Waals surface area contributed by atoms with Gasteiger partial charge >= 0.3 is 0 Å². The van der Waals surface area contributed by atoms with Crippen molar-refractivity contribution in [1.82, 2.24) is 19.9 Å². The molecule has 3 heterocycles. The number of methoxy groups -OCH3 is 1. The van der Waals surface area contributed by atoms with Crippen LogP contribution in [0.4, 0.5) is 4.39 Å². The van der Waals surface area contributed by atoms with Gasteiger partial charge in [-0.25, -0.2) is 4.39 Å². The Hall–Kier alpha value is -3.75. The molecule has 0 amide bonds. The fraction of sp³-hybridized carbons (Fsp3) is 0.200. The highest BCUT2D eigenvalue weighted by molar-refractivity contribution is 5.60. The zero-order valence-electron chi connectivity index (χ0n) is 16.0. The van der Waals surface area contributed by atoms with Crippen molar-refractivity contribution in [3.8, 4) is 28.6 Å². The zero-order valence-corrected chi connectivity index (χ0v) is 16.0. The molecular weight excluding hydrogens is 379 g/mol. The van der Waals surface area contributed by atoms with Crippen LogP contribution in [0, 0.1) is 19.7 Å². The molecule has 3 aromatic heterocycles. The molecule has 0 N–H and O–H groups in total.